The number of hydrogen-bond acceptors (Lipinski definition) is 7. The molecule has 0 unspecified atom stereocenters. The van der Waals surface area contributed by atoms with Crippen LogP contribution in [-0.2, 0) is 10.5 Å². The zero-order chi connectivity index (χ0) is 20.6. The number of aromatic nitrogens is 2. The van der Waals surface area contributed by atoms with E-state index in [0.29, 0.717) is 0 Å². The summed E-state index contributed by atoms with van der Waals surface area (Å²) >= 11 is 7.92. The van der Waals surface area contributed by atoms with Gasteiger partial charge in [-0.1, -0.05) is 92.8 Å². The van der Waals surface area contributed by atoms with E-state index < -0.39 is 0 Å². The van der Waals surface area contributed by atoms with Crippen LogP contribution in [0.25, 0.3) is 0 Å². The van der Waals surface area contributed by atoms with E-state index in [1.807, 2.05) is 31.2 Å². The van der Waals surface area contributed by atoms with Gasteiger partial charge in [0.15, 0.2) is 8.68 Å². The first-order valence-electron chi connectivity index (χ1n) is 8.73. The summed E-state index contributed by atoms with van der Waals surface area (Å²) in [4.78, 5) is 12.1. The largest absolute Gasteiger partial charge is 0.272 e. The second-order valence-corrected chi connectivity index (χ2v) is 10.5. The van der Waals surface area contributed by atoms with Gasteiger partial charge in [0, 0.05) is 10.2 Å². The maximum absolute atomic E-state index is 12.1. The van der Waals surface area contributed by atoms with E-state index in [0.717, 1.165) is 30.2 Å². The molecule has 0 aliphatic rings. The third kappa shape index (κ3) is 7.26. The van der Waals surface area contributed by atoms with E-state index in [2.05, 4.69) is 67.8 Å². The lowest BCUT2D eigenvalue weighted by atomic mass is 10.1. The molecule has 150 valence electrons. The Kier molecular flexibility index (Phi) is 8.29. The van der Waals surface area contributed by atoms with Crippen LogP contribution in [0.4, 0.5) is 0 Å². The topological polar surface area (TPSA) is 67.2 Å². The highest BCUT2D eigenvalue weighted by molar-refractivity contribution is 9.10. The fourth-order valence-corrected chi connectivity index (χ4v) is 5.24. The lowest BCUT2D eigenvalue weighted by Crippen LogP contribution is -2.21. The van der Waals surface area contributed by atoms with Gasteiger partial charge in [-0.15, -0.1) is 10.2 Å². The average Bonchev–Trinajstić information content (AvgIpc) is 3.18. The lowest BCUT2D eigenvalue weighted by Gasteiger charge is -2.02. The fourth-order valence-electron chi connectivity index (χ4n) is 2.20. The Labute approximate surface area is 190 Å². The standard InChI is InChI=1S/C20H19BrN4OS3/c1-13-3-5-15(6-4-13)11-27-19-24-25-20(29-19)28-12-18(26)23-22-14(2)16-7-9-17(21)10-8-16/h3-10H,11-12H2,1-2H3,(H,23,26). The summed E-state index contributed by atoms with van der Waals surface area (Å²) in [6.07, 6.45) is 0. The van der Waals surface area contributed by atoms with Crippen LogP contribution in [0.3, 0.4) is 0 Å². The van der Waals surface area contributed by atoms with Gasteiger partial charge in [-0.3, -0.25) is 4.79 Å². The Morgan fingerprint density at radius 3 is 2.41 bits per heavy atom. The molecule has 3 aromatic rings. The zero-order valence-electron chi connectivity index (χ0n) is 15.9. The minimum Gasteiger partial charge on any atom is -0.272 e. The van der Waals surface area contributed by atoms with Gasteiger partial charge in [-0.2, -0.15) is 5.10 Å². The van der Waals surface area contributed by atoms with Crippen molar-refractivity contribution in [2.24, 2.45) is 5.10 Å². The molecule has 0 aliphatic carbocycles. The summed E-state index contributed by atoms with van der Waals surface area (Å²) in [5, 5.41) is 12.5. The Morgan fingerprint density at radius 2 is 1.72 bits per heavy atom. The van der Waals surface area contributed by atoms with Gasteiger partial charge in [0.25, 0.3) is 5.91 Å². The van der Waals surface area contributed by atoms with Crippen molar-refractivity contribution >= 4 is 62.4 Å². The van der Waals surface area contributed by atoms with E-state index in [1.54, 1.807) is 11.8 Å². The van der Waals surface area contributed by atoms with Crippen molar-refractivity contribution in [2.45, 2.75) is 28.3 Å². The molecule has 9 heteroatoms. The third-order valence-corrected chi connectivity index (χ3v) is 7.60. The zero-order valence-corrected chi connectivity index (χ0v) is 19.9. The van der Waals surface area contributed by atoms with E-state index in [1.165, 1.54) is 34.2 Å². The number of thioether (sulfide) groups is 2. The number of carbonyl (C=O) groups excluding carboxylic acids is 1. The summed E-state index contributed by atoms with van der Waals surface area (Å²) < 4.78 is 2.68. The number of rotatable bonds is 8. The van der Waals surface area contributed by atoms with Gasteiger partial charge in [0.05, 0.1) is 11.5 Å². The van der Waals surface area contributed by atoms with Crippen LogP contribution in [0.15, 0.2) is 66.8 Å². The molecule has 29 heavy (non-hydrogen) atoms. The van der Waals surface area contributed by atoms with Crippen LogP contribution in [0.2, 0.25) is 0 Å². The number of hydrazone groups is 1. The molecular formula is C20H19BrN4OS3. The molecule has 1 aromatic heterocycles. The number of benzene rings is 2. The van der Waals surface area contributed by atoms with Crippen LogP contribution in [-0.4, -0.2) is 27.6 Å². The first-order valence-corrected chi connectivity index (χ1v) is 12.3. The van der Waals surface area contributed by atoms with Crippen LogP contribution in [0.1, 0.15) is 23.6 Å². The van der Waals surface area contributed by atoms with Crippen molar-refractivity contribution in [1.29, 1.82) is 0 Å². The van der Waals surface area contributed by atoms with Crippen LogP contribution in [0.5, 0.6) is 0 Å². The van der Waals surface area contributed by atoms with Gasteiger partial charge in [-0.25, -0.2) is 5.43 Å². The molecule has 1 amide bonds. The van der Waals surface area contributed by atoms with Gasteiger partial charge in [0.1, 0.15) is 0 Å². The van der Waals surface area contributed by atoms with Crippen LogP contribution in [0, 0.1) is 6.92 Å². The van der Waals surface area contributed by atoms with Gasteiger partial charge >= 0.3 is 0 Å². The van der Waals surface area contributed by atoms with Crippen molar-refractivity contribution in [3.63, 3.8) is 0 Å². The van der Waals surface area contributed by atoms with Gasteiger partial charge < -0.3 is 0 Å². The first kappa shape index (κ1) is 22.0. The molecule has 0 radical (unpaired) electrons. The fraction of sp³-hybridized carbons (Fsp3) is 0.200. The lowest BCUT2D eigenvalue weighted by molar-refractivity contribution is -0.118. The van der Waals surface area contributed by atoms with Crippen molar-refractivity contribution < 1.29 is 4.79 Å². The first-order chi connectivity index (χ1) is 14.0. The number of hydrogen-bond donors (Lipinski definition) is 1. The SMILES string of the molecule is CC(=NNC(=O)CSc1nnc(SCc2ccc(C)cc2)s1)c1ccc(Br)cc1. The molecule has 0 bridgehead atoms. The van der Waals surface area contributed by atoms with Gasteiger partial charge in [-0.05, 0) is 37.1 Å². The normalized spacial score (nSPS) is 11.5. The Balaban J connectivity index is 1.43. The van der Waals surface area contributed by atoms with Crippen molar-refractivity contribution in [3.8, 4) is 0 Å². The number of amides is 1. The second kappa shape index (κ2) is 10.9. The highest BCUT2D eigenvalue weighted by Crippen LogP contribution is 2.30. The van der Waals surface area contributed by atoms with Crippen molar-refractivity contribution in [3.05, 3.63) is 69.7 Å². The third-order valence-electron chi connectivity index (χ3n) is 3.81. The monoisotopic (exact) mass is 506 g/mol. The van der Waals surface area contributed by atoms with Crippen LogP contribution >= 0.6 is 50.8 Å². The smallest absolute Gasteiger partial charge is 0.250 e. The summed E-state index contributed by atoms with van der Waals surface area (Å²) in [7, 11) is 0. The van der Waals surface area contributed by atoms with E-state index in [9.17, 15) is 4.79 Å². The molecule has 5 nitrogen and oxygen atoms in total. The number of aryl methyl sites for hydroxylation is 1. The predicted molar refractivity (Wildman–Crippen MR) is 126 cm³/mol. The highest BCUT2D eigenvalue weighted by Gasteiger charge is 2.09. The quantitative estimate of drug-likeness (QED) is 0.247. The number of nitrogens with zero attached hydrogens (tertiary/aromatic N) is 3. The summed E-state index contributed by atoms with van der Waals surface area (Å²) in [5.41, 5.74) is 6.81. The van der Waals surface area contributed by atoms with Crippen molar-refractivity contribution in [2.75, 3.05) is 5.75 Å². The predicted octanol–water partition coefficient (Wildman–Crippen LogP) is 5.53. The molecule has 1 N–H and O–H groups in total. The van der Waals surface area contributed by atoms with Crippen LogP contribution < -0.4 is 5.43 Å². The maximum Gasteiger partial charge on any atom is 0.250 e. The summed E-state index contributed by atoms with van der Waals surface area (Å²) in [5.74, 6) is 0.925. The molecular weight excluding hydrogens is 488 g/mol. The molecule has 1 heterocycles. The molecule has 0 saturated carbocycles. The molecule has 0 spiro atoms. The molecule has 0 saturated heterocycles. The average molecular weight is 508 g/mol. The van der Waals surface area contributed by atoms with E-state index in [4.69, 9.17) is 0 Å². The molecule has 0 atom stereocenters. The van der Waals surface area contributed by atoms with E-state index >= 15 is 0 Å². The Morgan fingerprint density at radius 1 is 1.07 bits per heavy atom. The summed E-state index contributed by atoms with van der Waals surface area (Å²) in [6, 6.07) is 16.2. The van der Waals surface area contributed by atoms with E-state index in [-0.39, 0.29) is 11.7 Å². The maximum atomic E-state index is 12.1. The molecule has 0 aliphatic heterocycles. The second-order valence-electron chi connectivity index (χ2n) is 6.14. The van der Waals surface area contributed by atoms with Gasteiger partial charge in [0.2, 0.25) is 0 Å². The minimum atomic E-state index is -0.171. The highest BCUT2D eigenvalue weighted by atomic mass is 79.9. The van der Waals surface area contributed by atoms with Crippen molar-refractivity contribution in [1.82, 2.24) is 15.6 Å². The molecule has 2 aromatic carbocycles. The number of halogens is 1. The Bertz CT molecular complexity index is 988. The number of nitrogens with one attached hydrogen (secondary N) is 1. The molecule has 3 rings (SSSR count). The summed E-state index contributed by atoms with van der Waals surface area (Å²) in [6.45, 7) is 3.94. The molecule has 0 fully saturated rings. The number of carbonyl (C=O) groups is 1. The minimum absolute atomic E-state index is 0.171. The Hall–Kier alpha value is -1.68.